The molecular formula is C30H34N2O2. The molecule has 1 N–H and O–H groups in total. The molecule has 0 heterocycles. The second-order valence-electron chi connectivity index (χ2n) is 9.39. The standard InChI is InChI=1S/C30H34N2O2/c1-6-8-24-11-12-27(34-26-10-7-9-23(17-26)19-31)18-28(24)30(33)32-29(13-20(2)3)25-15-21(4)14-22(5)16-25/h7,9-12,14-18,20,29H,6,8,13H2,1-5H3,(H,32,33)/t29-/m1/s1. The van der Waals surface area contributed by atoms with Crippen LogP contribution in [-0.2, 0) is 6.42 Å². The number of carbonyl (C=O) groups excluding carboxylic acids is 1. The summed E-state index contributed by atoms with van der Waals surface area (Å²) < 4.78 is 6.00. The molecule has 1 amide bonds. The molecule has 0 fully saturated rings. The molecule has 0 aromatic heterocycles. The molecule has 0 aliphatic heterocycles. The highest BCUT2D eigenvalue weighted by Gasteiger charge is 2.20. The Hall–Kier alpha value is -3.58. The number of carbonyl (C=O) groups is 1. The van der Waals surface area contributed by atoms with Gasteiger partial charge in [0.2, 0.25) is 0 Å². The Balaban J connectivity index is 1.92. The van der Waals surface area contributed by atoms with Crippen molar-refractivity contribution >= 4 is 5.91 Å². The van der Waals surface area contributed by atoms with E-state index in [1.165, 1.54) is 11.1 Å². The average molecular weight is 455 g/mol. The van der Waals surface area contributed by atoms with Crippen molar-refractivity contribution in [2.75, 3.05) is 0 Å². The van der Waals surface area contributed by atoms with Crippen LogP contribution in [0.3, 0.4) is 0 Å². The van der Waals surface area contributed by atoms with E-state index in [1.54, 1.807) is 24.3 Å². The first kappa shape index (κ1) is 25.1. The Bertz CT molecular complexity index is 1170. The summed E-state index contributed by atoms with van der Waals surface area (Å²) >= 11 is 0. The van der Waals surface area contributed by atoms with E-state index in [1.807, 2.05) is 18.2 Å². The van der Waals surface area contributed by atoms with E-state index < -0.39 is 0 Å². The topological polar surface area (TPSA) is 62.1 Å². The van der Waals surface area contributed by atoms with E-state index in [0.29, 0.717) is 28.5 Å². The Morgan fingerprint density at radius 2 is 1.71 bits per heavy atom. The van der Waals surface area contributed by atoms with Gasteiger partial charge in [-0.2, -0.15) is 5.26 Å². The van der Waals surface area contributed by atoms with Gasteiger partial charge in [-0.1, -0.05) is 68.7 Å². The predicted octanol–water partition coefficient (Wildman–Crippen LogP) is 7.44. The molecule has 3 rings (SSSR count). The van der Waals surface area contributed by atoms with E-state index >= 15 is 0 Å². The molecule has 0 spiro atoms. The minimum absolute atomic E-state index is 0.0718. The predicted molar refractivity (Wildman–Crippen MR) is 137 cm³/mol. The van der Waals surface area contributed by atoms with E-state index in [0.717, 1.165) is 30.4 Å². The summed E-state index contributed by atoms with van der Waals surface area (Å²) in [5.74, 6) is 1.49. The monoisotopic (exact) mass is 454 g/mol. The molecule has 34 heavy (non-hydrogen) atoms. The summed E-state index contributed by atoms with van der Waals surface area (Å²) in [6, 6.07) is 21.2. The summed E-state index contributed by atoms with van der Waals surface area (Å²) in [6.45, 7) is 10.6. The van der Waals surface area contributed by atoms with E-state index in [-0.39, 0.29) is 11.9 Å². The molecule has 0 saturated heterocycles. The molecule has 0 aliphatic rings. The fourth-order valence-corrected chi connectivity index (χ4v) is 4.28. The number of hydrogen-bond donors (Lipinski definition) is 1. The lowest BCUT2D eigenvalue weighted by molar-refractivity contribution is 0.0930. The summed E-state index contributed by atoms with van der Waals surface area (Å²) in [5, 5.41) is 12.5. The summed E-state index contributed by atoms with van der Waals surface area (Å²) in [7, 11) is 0. The van der Waals surface area contributed by atoms with Gasteiger partial charge in [-0.25, -0.2) is 0 Å². The maximum atomic E-state index is 13.6. The highest BCUT2D eigenvalue weighted by molar-refractivity contribution is 5.96. The summed E-state index contributed by atoms with van der Waals surface area (Å²) in [6.07, 6.45) is 2.61. The Morgan fingerprint density at radius 3 is 2.35 bits per heavy atom. The van der Waals surface area contributed by atoms with Gasteiger partial charge in [0, 0.05) is 5.56 Å². The molecule has 176 valence electrons. The molecule has 0 saturated carbocycles. The van der Waals surface area contributed by atoms with Crippen molar-refractivity contribution in [1.29, 1.82) is 5.26 Å². The van der Waals surface area contributed by atoms with Crippen LogP contribution in [0.2, 0.25) is 0 Å². The van der Waals surface area contributed by atoms with Gasteiger partial charge in [0.1, 0.15) is 11.5 Å². The first-order valence-electron chi connectivity index (χ1n) is 12.0. The van der Waals surface area contributed by atoms with Gasteiger partial charge < -0.3 is 10.1 Å². The quantitative estimate of drug-likeness (QED) is 0.365. The third-order valence-electron chi connectivity index (χ3n) is 5.70. The van der Waals surface area contributed by atoms with Gasteiger partial charge in [-0.3, -0.25) is 4.79 Å². The number of rotatable bonds is 9. The van der Waals surface area contributed by atoms with Crippen molar-refractivity contribution in [3.8, 4) is 17.6 Å². The molecule has 4 heteroatoms. The van der Waals surface area contributed by atoms with Crippen molar-refractivity contribution < 1.29 is 9.53 Å². The van der Waals surface area contributed by atoms with Crippen molar-refractivity contribution in [2.45, 2.75) is 59.9 Å². The second kappa shape index (κ2) is 11.5. The van der Waals surface area contributed by atoms with Crippen molar-refractivity contribution in [1.82, 2.24) is 5.32 Å². The maximum absolute atomic E-state index is 13.6. The zero-order valence-corrected chi connectivity index (χ0v) is 20.8. The number of amides is 1. The lowest BCUT2D eigenvalue weighted by Crippen LogP contribution is -2.30. The van der Waals surface area contributed by atoms with Crippen LogP contribution in [0.5, 0.6) is 11.5 Å². The van der Waals surface area contributed by atoms with Crippen molar-refractivity contribution in [3.63, 3.8) is 0 Å². The van der Waals surface area contributed by atoms with Gasteiger partial charge in [-0.05, 0) is 74.1 Å². The van der Waals surface area contributed by atoms with Gasteiger partial charge in [-0.15, -0.1) is 0 Å². The second-order valence-corrected chi connectivity index (χ2v) is 9.39. The largest absolute Gasteiger partial charge is 0.457 e. The average Bonchev–Trinajstić information content (AvgIpc) is 2.79. The van der Waals surface area contributed by atoms with Gasteiger partial charge in [0.05, 0.1) is 17.7 Å². The Kier molecular flexibility index (Phi) is 8.49. The third kappa shape index (κ3) is 6.71. The fourth-order valence-electron chi connectivity index (χ4n) is 4.28. The SMILES string of the molecule is CCCc1ccc(Oc2cccc(C#N)c2)cc1C(=O)N[C@H](CC(C)C)c1cc(C)cc(C)c1. The Labute approximate surface area is 203 Å². The lowest BCUT2D eigenvalue weighted by atomic mass is 9.93. The van der Waals surface area contributed by atoms with Crippen LogP contribution in [0.15, 0.2) is 60.7 Å². The number of ether oxygens (including phenoxy) is 1. The van der Waals surface area contributed by atoms with E-state index in [9.17, 15) is 4.79 Å². The maximum Gasteiger partial charge on any atom is 0.252 e. The molecule has 0 unspecified atom stereocenters. The van der Waals surface area contributed by atoms with Crippen molar-refractivity contribution in [2.24, 2.45) is 5.92 Å². The van der Waals surface area contributed by atoms with Crippen LogP contribution in [0.1, 0.15) is 77.8 Å². The minimum atomic E-state index is -0.0931. The normalized spacial score (nSPS) is 11.7. The molecule has 4 nitrogen and oxygen atoms in total. The van der Waals surface area contributed by atoms with Gasteiger partial charge in [0.25, 0.3) is 5.91 Å². The van der Waals surface area contributed by atoms with Crippen LogP contribution in [0.25, 0.3) is 0 Å². The highest BCUT2D eigenvalue weighted by atomic mass is 16.5. The fraction of sp³-hybridized carbons (Fsp3) is 0.333. The number of nitrogens with one attached hydrogen (secondary N) is 1. The third-order valence-corrected chi connectivity index (χ3v) is 5.70. The zero-order valence-electron chi connectivity index (χ0n) is 20.8. The summed E-state index contributed by atoms with van der Waals surface area (Å²) in [5.41, 5.74) is 5.69. The van der Waals surface area contributed by atoms with Crippen LogP contribution < -0.4 is 10.1 Å². The first-order chi connectivity index (χ1) is 16.3. The van der Waals surface area contributed by atoms with Gasteiger partial charge in [0.15, 0.2) is 0 Å². The summed E-state index contributed by atoms with van der Waals surface area (Å²) in [4.78, 5) is 13.6. The lowest BCUT2D eigenvalue weighted by Gasteiger charge is -2.23. The minimum Gasteiger partial charge on any atom is -0.457 e. The number of hydrogen-bond acceptors (Lipinski definition) is 3. The van der Waals surface area contributed by atoms with Crippen molar-refractivity contribution in [3.05, 3.63) is 94.0 Å². The van der Waals surface area contributed by atoms with Crippen LogP contribution >= 0.6 is 0 Å². The number of nitrogens with zero attached hydrogens (tertiary/aromatic N) is 1. The van der Waals surface area contributed by atoms with E-state index in [4.69, 9.17) is 10.00 Å². The van der Waals surface area contributed by atoms with Crippen LogP contribution in [0, 0.1) is 31.1 Å². The molecule has 1 atom stereocenters. The molecule has 3 aromatic rings. The first-order valence-corrected chi connectivity index (χ1v) is 12.0. The molecular weight excluding hydrogens is 420 g/mol. The zero-order chi connectivity index (χ0) is 24.7. The van der Waals surface area contributed by atoms with Crippen LogP contribution in [-0.4, -0.2) is 5.91 Å². The molecule has 3 aromatic carbocycles. The van der Waals surface area contributed by atoms with Crippen LogP contribution in [0.4, 0.5) is 0 Å². The number of benzene rings is 3. The highest BCUT2D eigenvalue weighted by Crippen LogP contribution is 2.28. The number of aryl methyl sites for hydroxylation is 3. The smallest absolute Gasteiger partial charge is 0.252 e. The molecule has 0 aliphatic carbocycles. The van der Waals surface area contributed by atoms with E-state index in [2.05, 4.69) is 64.2 Å². The van der Waals surface area contributed by atoms with Gasteiger partial charge >= 0.3 is 0 Å². The molecule has 0 bridgehead atoms. The Morgan fingerprint density at radius 1 is 1.00 bits per heavy atom. The number of nitriles is 1. The molecule has 0 radical (unpaired) electrons.